The third-order valence-electron chi connectivity index (χ3n) is 6.76. The van der Waals surface area contributed by atoms with Crippen molar-refractivity contribution >= 4 is 11.8 Å². The van der Waals surface area contributed by atoms with Gasteiger partial charge in [0.25, 0.3) is 5.91 Å². The number of fused-ring (bicyclic) bond motifs is 2. The number of hydrogen-bond acceptors (Lipinski definition) is 3. The number of nitrogens with one attached hydrogen (secondary N) is 1. The molecule has 2 amide bonds. The van der Waals surface area contributed by atoms with Crippen LogP contribution in [0.5, 0.6) is 0 Å². The second-order valence-electron chi connectivity index (χ2n) is 9.07. The van der Waals surface area contributed by atoms with Crippen LogP contribution in [0.4, 0.5) is 0 Å². The summed E-state index contributed by atoms with van der Waals surface area (Å²) in [5.74, 6) is 0.0154. The van der Waals surface area contributed by atoms with Crippen LogP contribution in [0.25, 0.3) is 5.69 Å². The molecular weight excluding hydrogens is 412 g/mol. The van der Waals surface area contributed by atoms with E-state index in [9.17, 15) is 9.59 Å². The predicted molar refractivity (Wildman–Crippen MR) is 127 cm³/mol. The molecule has 6 heteroatoms. The Balaban J connectivity index is 1.16. The number of nitrogens with zero attached hydrogens (tertiary/aromatic N) is 3. The van der Waals surface area contributed by atoms with Crippen LogP contribution in [0, 0.1) is 6.92 Å². The lowest BCUT2D eigenvalue weighted by Gasteiger charge is -2.29. The van der Waals surface area contributed by atoms with Gasteiger partial charge in [-0.15, -0.1) is 0 Å². The van der Waals surface area contributed by atoms with Gasteiger partial charge in [0.1, 0.15) is 0 Å². The van der Waals surface area contributed by atoms with Crippen molar-refractivity contribution in [3.05, 3.63) is 82.2 Å². The van der Waals surface area contributed by atoms with Crippen molar-refractivity contribution in [1.82, 2.24) is 20.0 Å². The second kappa shape index (κ2) is 9.22. The highest BCUT2D eigenvalue weighted by Crippen LogP contribution is 2.28. The zero-order chi connectivity index (χ0) is 22.8. The minimum Gasteiger partial charge on any atom is -0.351 e. The van der Waals surface area contributed by atoms with E-state index in [-0.39, 0.29) is 11.8 Å². The average molecular weight is 443 g/mol. The van der Waals surface area contributed by atoms with Gasteiger partial charge < -0.3 is 10.2 Å². The maximum Gasteiger partial charge on any atom is 0.272 e. The quantitative estimate of drug-likeness (QED) is 0.591. The van der Waals surface area contributed by atoms with E-state index in [4.69, 9.17) is 0 Å². The summed E-state index contributed by atoms with van der Waals surface area (Å²) in [5, 5.41) is 7.66. The molecule has 3 aromatic rings. The second-order valence-corrected chi connectivity index (χ2v) is 9.07. The van der Waals surface area contributed by atoms with E-state index in [0.717, 1.165) is 49.2 Å². The Morgan fingerprint density at radius 3 is 2.61 bits per heavy atom. The van der Waals surface area contributed by atoms with Crippen LogP contribution in [0.2, 0.25) is 0 Å². The highest BCUT2D eigenvalue weighted by atomic mass is 16.2. The number of aryl methyl sites for hydroxylation is 1. The number of aromatic nitrogens is 2. The van der Waals surface area contributed by atoms with Crippen molar-refractivity contribution in [1.29, 1.82) is 0 Å². The third kappa shape index (κ3) is 4.42. The van der Waals surface area contributed by atoms with Crippen molar-refractivity contribution in [3.8, 4) is 5.69 Å². The molecule has 6 nitrogen and oxygen atoms in total. The van der Waals surface area contributed by atoms with Gasteiger partial charge in [0.05, 0.1) is 5.69 Å². The summed E-state index contributed by atoms with van der Waals surface area (Å²) in [5.41, 5.74) is 7.51. The highest BCUT2D eigenvalue weighted by molar-refractivity contribution is 5.94. The molecule has 170 valence electrons. The van der Waals surface area contributed by atoms with Crippen molar-refractivity contribution in [3.63, 3.8) is 0 Å². The third-order valence-corrected chi connectivity index (χ3v) is 6.76. The normalized spacial score (nSPS) is 14.6. The molecule has 2 aromatic carbocycles. The number of carbonyl (C=O) groups excluding carboxylic acids is 2. The minimum absolute atomic E-state index is 0.140. The van der Waals surface area contributed by atoms with Crippen molar-refractivity contribution in [2.75, 3.05) is 13.1 Å². The van der Waals surface area contributed by atoms with Gasteiger partial charge in [0, 0.05) is 37.3 Å². The van der Waals surface area contributed by atoms with Crippen LogP contribution in [0.1, 0.15) is 57.7 Å². The Hall–Kier alpha value is -3.41. The monoisotopic (exact) mass is 442 g/mol. The van der Waals surface area contributed by atoms with Crippen molar-refractivity contribution in [2.24, 2.45) is 0 Å². The first-order valence-corrected chi connectivity index (χ1v) is 11.9. The molecule has 33 heavy (non-hydrogen) atoms. The van der Waals surface area contributed by atoms with Gasteiger partial charge in [0.2, 0.25) is 5.91 Å². The lowest BCUT2D eigenvalue weighted by atomic mass is 9.99. The van der Waals surface area contributed by atoms with Crippen LogP contribution < -0.4 is 5.32 Å². The number of benzene rings is 2. The van der Waals surface area contributed by atoms with Gasteiger partial charge in [-0.25, -0.2) is 4.68 Å². The Kier molecular flexibility index (Phi) is 5.99. The number of carbonyl (C=O) groups is 2. The zero-order valence-electron chi connectivity index (χ0n) is 19.1. The molecule has 2 aliphatic rings. The van der Waals surface area contributed by atoms with Crippen LogP contribution in [-0.4, -0.2) is 39.6 Å². The Bertz CT molecular complexity index is 1180. The van der Waals surface area contributed by atoms with Crippen molar-refractivity contribution < 1.29 is 9.59 Å². The standard InChI is InChI=1S/C27H30N4O2/c1-19-11-13-22(14-12-19)31-24-9-4-8-23(24)26(29-31)27(33)28-16-5-10-25(32)30-17-15-20-6-2-3-7-21(20)18-30/h2-3,6-7,11-14H,4-5,8-10,15-18H2,1H3,(H,28,33). The summed E-state index contributed by atoms with van der Waals surface area (Å²) >= 11 is 0. The fourth-order valence-electron chi connectivity index (χ4n) is 4.91. The van der Waals surface area contributed by atoms with E-state index >= 15 is 0 Å². The molecule has 1 aliphatic carbocycles. The van der Waals surface area contributed by atoms with Crippen molar-refractivity contribution in [2.45, 2.75) is 52.0 Å². The van der Waals surface area contributed by atoms with Crippen LogP contribution in [-0.2, 0) is 30.6 Å². The number of amides is 2. The van der Waals surface area contributed by atoms with Crippen LogP contribution >= 0.6 is 0 Å². The van der Waals surface area contributed by atoms with E-state index in [1.54, 1.807) is 0 Å². The van der Waals surface area contributed by atoms with E-state index in [1.807, 2.05) is 27.8 Å². The summed E-state index contributed by atoms with van der Waals surface area (Å²) in [7, 11) is 0. The van der Waals surface area contributed by atoms with Gasteiger partial charge in [-0.3, -0.25) is 9.59 Å². The molecule has 1 aliphatic heterocycles. The first-order chi connectivity index (χ1) is 16.1. The molecule has 1 aromatic heterocycles. The summed E-state index contributed by atoms with van der Waals surface area (Å²) in [6.45, 7) is 3.99. The molecule has 0 unspecified atom stereocenters. The summed E-state index contributed by atoms with van der Waals surface area (Å²) < 4.78 is 1.93. The molecule has 0 atom stereocenters. The van der Waals surface area contributed by atoms with E-state index < -0.39 is 0 Å². The number of rotatable bonds is 6. The first-order valence-electron chi connectivity index (χ1n) is 11.9. The van der Waals surface area contributed by atoms with Gasteiger partial charge in [0.15, 0.2) is 5.69 Å². The Morgan fingerprint density at radius 2 is 1.79 bits per heavy atom. The largest absolute Gasteiger partial charge is 0.351 e. The fraction of sp³-hybridized carbons (Fsp3) is 0.370. The van der Waals surface area contributed by atoms with Gasteiger partial charge in [-0.05, 0) is 62.3 Å². The number of hydrogen-bond donors (Lipinski definition) is 1. The molecule has 2 heterocycles. The molecule has 0 radical (unpaired) electrons. The topological polar surface area (TPSA) is 67.2 Å². The average Bonchev–Trinajstić information content (AvgIpc) is 3.45. The molecule has 0 bridgehead atoms. The Morgan fingerprint density at radius 1 is 1.00 bits per heavy atom. The van der Waals surface area contributed by atoms with Gasteiger partial charge in [-0.1, -0.05) is 42.0 Å². The SMILES string of the molecule is Cc1ccc(-n2nc(C(=O)NCCCC(=O)N3CCc4ccccc4C3)c3c2CCC3)cc1. The minimum atomic E-state index is -0.140. The van der Waals surface area contributed by atoms with E-state index in [1.165, 1.54) is 16.7 Å². The molecule has 0 fully saturated rings. The highest BCUT2D eigenvalue weighted by Gasteiger charge is 2.27. The smallest absolute Gasteiger partial charge is 0.272 e. The van der Waals surface area contributed by atoms with E-state index in [2.05, 4.69) is 47.7 Å². The fourth-order valence-corrected chi connectivity index (χ4v) is 4.91. The lowest BCUT2D eigenvalue weighted by molar-refractivity contribution is -0.132. The maximum absolute atomic E-state index is 12.9. The molecule has 0 saturated carbocycles. The summed E-state index contributed by atoms with van der Waals surface area (Å²) in [4.78, 5) is 27.5. The first kappa shape index (κ1) is 21.4. The molecule has 1 N–H and O–H groups in total. The lowest BCUT2D eigenvalue weighted by Crippen LogP contribution is -2.36. The molecule has 0 saturated heterocycles. The molecule has 5 rings (SSSR count). The molecular formula is C27H30N4O2. The zero-order valence-corrected chi connectivity index (χ0v) is 19.1. The van der Waals surface area contributed by atoms with Crippen LogP contribution in [0.15, 0.2) is 48.5 Å². The predicted octanol–water partition coefficient (Wildman–Crippen LogP) is 3.76. The summed E-state index contributed by atoms with van der Waals surface area (Å²) in [6.07, 6.45) is 4.86. The Labute approximate surface area is 194 Å². The van der Waals surface area contributed by atoms with Gasteiger partial charge in [-0.2, -0.15) is 5.10 Å². The maximum atomic E-state index is 12.9. The molecule has 0 spiro atoms. The van der Waals surface area contributed by atoms with E-state index in [0.29, 0.717) is 31.6 Å². The van der Waals surface area contributed by atoms with Gasteiger partial charge >= 0.3 is 0 Å². The van der Waals surface area contributed by atoms with Crippen LogP contribution in [0.3, 0.4) is 0 Å². The summed E-state index contributed by atoms with van der Waals surface area (Å²) in [6, 6.07) is 16.6.